The third-order valence-corrected chi connectivity index (χ3v) is 3.21. The minimum atomic E-state index is 0.266. The third-order valence-electron chi connectivity index (χ3n) is 2.46. The van der Waals surface area contributed by atoms with Crippen molar-refractivity contribution in [2.45, 2.75) is 32.6 Å². The Morgan fingerprint density at radius 3 is 2.39 bits per heavy atom. The lowest BCUT2D eigenvalue weighted by Gasteiger charge is -2.11. The highest BCUT2D eigenvalue weighted by Gasteiger charge is 2.07. The van der Waals surface area contributed by atoms with Crippen molar-refractivity contribution < 1.29 is 5.11 Å². The van der Waals surface area contributed by atoms with Gasteiger partial charge in [-0.2, -0.15) is 0 Å². The lowest BCUT2D eigenvalue weighted by atomic mass is 10.2. The van der Waals surface area contributed by atoms with E-state index in [0.717, 1.165) is 54.9 Å². The van der Waals surface area contributed by atoms with Crippen LogP contribution < -0.4 is 10.6 Å². The van der Waals surface area contributed by atoms with Crippen molar-refractivity contribution in [3.8, 4) is 0 Å². The zero-order valence-electron chi connectivity index (χ0n) is 10.7. The molecule has 0 aliphatic heterocycles. The molecule has 0 radical (unpaired) electrons. The smallest absolute Gasteiger partial charge is 0.145 e. The van der Waals surface area contributed by atoms with Crippen LogP contribution in [0.2, 0.25) is 0 Å². The molecule has 0 aliphatic rings. The van der Waals surface area contributed by atoms with E-state index in [9.17, 15) is 0 Å². The lowest BCUT2D eigenvalue weighted by Crippen LogP contribution is -2.08. The van der Waals surface area contributed by atoms with Gasteiger partial charge in [0.2, 0.25) is 0 Å². The van der Waals surface area contributed by atoms with Gasteiger partial charge in [-0.3, -0.25) is 0 Å². The van der Waals surface area contributed by atoms with Crippen LogP contribution in [0.15, 0.2) is 10.8 Å². The van der Waals surface area contributed by atoms with E-state index >= 15 is 0 Å². The number of aliphatic hydroxyl groups is 1. The Morgan fingerprint density at radius 1 is 1.11 bits per heavy atom. The highest BCUT2D eigenvalue weighted by atomic mass is 79.9. The van der Waals surface area contributed by atoms with Gasteiger partial charge in [0.1, 0.15) is 22.4 Å². The van der Waals surface area contributed by atoms with E-state index in [-0.39, 0.29) is 6.61 Å². The van der Waals surface area contributed by atoms with Gasteiger partial charge < -0.3 is 15.7 Å². The van der Waals surface area contributed by atoms with Gasteiger partial charge in [-0.05, 0) is 41.6 Å². The molecule has 1 rings (SSSR count). The number of halogens is 1. The SMILES string of the molecule is CCCNc1ncnc(NCCCCCO)c1Br. The quantitative estimate of drug-likeness (QED) is 0.611. The van der Waals surface area contributed by atoms with Gasteiger partial charge in [-0.25, -0.2) is 9.97 Å². The third kappa shape index (κ3) is 5.18. The van der Waals surface area contributed by atoms with Crippen molar-refractivity contribution in [1.82, 2.24) is 9.97 Å². The summed E-state index contributed by atoms with van der Waals surface area (Å²) in [6, 6.07) is 0. The number of unbranched alkanes of at least 4 members (excludes halogenated alkanes) is 2. The van der Waals surface area contributed by atoms with E-state index < -0.39 is 0 Å². The van der Waals surface area contributed by atoms with Crippen LogP contribution in [0.5, 0.6) is 0 Å². The summed E-state index contributed by atoms with van der Waals surface area (Å²) in [5, 5.41) is 15.2. The van der Waals surface area contributed by atoms with E-state index in [4.69, 9.17) is 5.11 Å². The molecule has 0 saturated heterocycles. The summed E-state index contributed by atoms with van der Waals surface area (Å²) >= 11 is 3.50. The number of anilines is 2. The fourth-order valence-corrected chi connectivity index (χ4v) is 1.97. The predicted molar refractivity (Wildman–Crippen MR) is 77.9 cm³/mol. The van der Waals surface area contributed by atoms with Gasteiger partial charge in [0.05, 0.1) is 0 Å². The van der Waals surface area contributed by atoms with Crippen LogP contribution in [-0.2, 0) is 0 Å². The molecule has 5 nitrogen and oxygen atoms in total. The first-order valence-electron chi connectivity index (χ1n) is 6.38. The van der Waals surface area contributed by atoms with Crippen LogP contribution in [0.25, 0.3) is 0 Å². The van der Waals surface area contributed by atoms with Crippen molar-refractivity contribution in [3.63, 3.8) is 0 Å². The van der Waals surface area contributed by atoms with Crippen LogP contribution in [-0.4, -0.2) is 34.8 Å². The standard InChI is InChI=1S/C12H21BrN4O/c1-2-6-14-11-10(13)12(17-9-16-11)15-7-4-3-5-8-18/h9,18H,2-8H2,1H3,(H2,14,15,16,17). The van der Waals surface area contributed by atoms with E-state index in [0.29, 0.717) is 0 Å². The summed E-state index contributed by atoms with van der Waals surface area (Å²) in [6.45, 7) is 4.12. The molecule has 1 aromatic heterocycles. The maximum absolute atomic E-state index is 8.69. The first-order chi connectivity index (χ1) is 8.79. The Hall–Kier alpha value is -0.880. The normalized spacial score (nSPS) is 10.4. The molecule has 6 heteroatoms. The zero-order chi connectivity index (χ0) is 13.2. The Bertz CT molecular complexity index is 349. The molecule has 102 valence electrons. The molecular weight excluding hydrogens is 296 g/mol. The van der Waals surface area contributed by atoms with Gasteiger partial charge in [0.25, 0.3) is 0 Å². The first kappa shape index (κ1) is 15.2. The molecule has 18 heavy (non-hydrogen) atoms. The summed E-state index contributed by atoms with van der Waals surface area (Å²) in [7, 11) is 0. The fraction of sp³-hybridized carbons (Fsp3) is 0.667. The highest BCUT2D eigenvalue weighted by molar-refractivity contribution is 9.10. The van der Waals surface area contributed by atoms with Gasteiger partial charge >= 0.3 is 0 Å². The molecule has 1 aromatic rings. The highest BCUT2D eigenvalue weighted by Crippen LogP contribution is 2.26. The molecule has 0 saturated carbocycles. The monoisotopic (exact) mass is 316 g/mol. The zero-order valence-corrected chi connectivity index (χ0v) is 12.3. The van der Waals surface area contributed by atoms with Crippen molar-refractivity contribution in [1.29, 1.82) is 0 Å². The molecule has 0 amide bonds. The topological polar surface area (TPSA) is 70.1 Å². The number of nitrogens with zero attached hydrogens (tertiary/aromatic N) is 2. The molecule has 0 spiro atoms. The number of nitrogens with one attached hydrogen (secondary N) is 2. The van der Waals surface area contributed by atoms with E-state index in [2.05, 4.69) is 43.5 Å². The van der Waals surface area contributed by atoms with Gasteiger partial charge in [0.15, 0.2) is 0 Å². The number of hydrogen-bond donors (Lipinski definition) is 3. The molecule has 0 fully saturated rings. The second-order valence-electron chi connectivity index (χ2n) is 4.02. The van der Waals surface area contributed by atoms with Crippen LogP contribution in [0.1, 0.15) is 32.6 Å². The predicted octanol–water partition coefficient (Wildman–Crippen LogP) is 2.64. The molecule has 0 bridgehead atoms. The minimum absolute atomic E-state index is 0.266. The lowest BCUT2D eigenvalue weighted by molar-refractivity contribution is 0.283. The van der Waals surface area contributed by atoms with E-state index in [1.807, 2.05) is 0 Å². The average molecular weight is 317 g/mol. The van der Waals surface area contributed by atoms with Crippen molar-refractivity contribution in [2.24, 2.45) is 0 Å². The van der Waals surface area contributed by atoms with Crippen LogP contribution in [0.4, 0.5) is 11.6 Å². The first-order valence-corrected chi connectivity index (χ1v) is 7.18. The Labute approximate surface area is 117 Å². The average Bonchev–Trinajstić information content (AvgIpc) is 2.39. The summed E-state index contributed by atoms with van der Waals surface area (Å²) in [5.41, 5.74) is 0. The van der Waals surface area contributed by atoms with E-state index in [1.165, 1.54) is 0 Å². The Kier molecular flexibility index (Phi) is 7.68. The van der Waals surface area contributed by atoms with Gasteiger partial charge in [-0.1, -0.05) is 6.92 Å². The van der Waals surface area contributed by atoms with Crippen LogP contribution >= 0.6 is 15.9 Å². The van der Waals surface area contributed by atoms with Crippen LogP contribution in [0, 0.1) is 0 Å². The molecular formula is C12H21BrN4O. The molecule has 0 aliphatic carbocycles. The second kappa shape index (κ2) is 9.10. The van der Waals surface area contributed by atoms with Gasteiger partial charge in [0, 0.05) is 19.7 Å². The van der Waals surface area contributed by atoms with E-state index in [1.54, 1.807) is 6.33 Å². The summed E-state index contributed by atoms with van der Waals surface area (Å²) in [4.78, 5) is 8.40. The molecule has 0 aromatic carbocycles. The summed E-state index contributed by atoms with van der Waals surface area (Å²) in [6.07, 6.45) is 5.51. The largest absolute Gasteiger partial charge is 0.396 e. The number of aliphatic hydroxyl groups excluding tert-OH is 1. The maximum atomic E-state index is 8.69. The molecule has 0 unspecified atom stereocenters. The minimum Gasteiger partial charge on any atom is -0.396 e. The maximum Gasteiger partial charge on any atom is 0.145 e. The Morgan fingerprint density at radius 2 is 1.78 bits per heavy atom. The molecule has 0 atom stereocenters. The summed E-state index contributed by atoms with van der Waals surface area (Å²) in [5.74, 6) is 1.64. The number of rotatable bonds is 9. The van der Waals surface area contributed by atoms with Crippen molar-refractivity contribution in [2.75, 3.05) is 30.3 Å². The summed E-state index contributed by atoms with van der Waals surface area (Å²) < 4.78 is 0.876. The fourth-order valence-electron chi connectivity index (χ4n) is 1.48. The number of aromatic nitrogens is 2. The number of hydrogen-bond acceptors (Lipinski definition) is 5. The molecule has 3 N–H and O–H groups in total. The van der Waals surface area contributed by atoms with Crippen LogP contribution in [0.3, 0.4) is 0 Å². The second-order valence-corrected chi connectivity index (χ2v) is 4.82. The molecule has 1 heterocycles. The Balaban J connectivity index is 2.44. The van der Waals surface area contributed by atoms with Crippen molar-refractivity contribution >= 4 is 27.6 Å². The van der Waals surface area contributed by atoms with Gasteiger partial charge in [-0.15, -0.1) is 0 Å². The van der Waals surface area contributed by atoms with Crippen molar-refractivity contribution in [3.05, 3.63) is 10.8 Å².